The van der Waals surface area contributed by atoms with Gasteiger partial charge in [-0.15, -0.1) is 0 Å². The van der Waals surface area contributed by atoms with Crippen LogP contribution in [0.4, 0.5) is 0 Å². The quantitative estimate of drug-likeness (QED) is 0.799. The highest BCUT2D eigenvalue weighted by atomic mass is 32.2. The maximum absolute atomic E-state index is 12.7. The summed E-state index contributed by atoms with van der Waals surface area (Å²) in [7, 11) is -3.71. The number of carbonyl (C=O) groups excluding carboxylic acids is 1. The molecule has 2 N–H and O–H groups in total. The number of hydrogen-bond donors (Lipinski definition) is 2. The Morgan fingerprint density at radius 2 is 1.88 bits per heavy atom. The Hall–Kier alpha value is -2.09. The third-order valence-corrected chi connectivity index (χ3v) is 5.78. The lowest BCUT2D eigenvalue weighted by molar-refractivity contribution is -0.118. The highest BCUT2D eigenvalue weighted by Crippen LogP contribution is 2.22. The minimum absolute atomic E-state index is 0.0275. The van der Waals surface area contributed by atoms with Gasteiger partial charge in [0.25, 0.3) is 10.0 Å². The third-order valence-electron chi connectivity index (χ3n) is 3.97. The van der Waals surface area contributed by atoms with Gasteiger partial charge in [-0.25, -0.2) is 12.7 Å². The number of nitrogens with one attached hydrogen (secondary N) is 2. The van der Waals surface area contributed by atoms with Crippen LogP contribution < -0.4 is 5.32 Å². The lowest BCUT2D eigenvalue weighted by Gasteiger charge is -2.24. The fraction of sp³-hybridized carbons (Fsp3) is 0.500. The average molecular weight is 352 g/mol. The second-order valence-electron chi connectivity index (χ2n) is 6.06. The summed E-state index contributed by atoms with van der Waals surface area (Å²) in [6.45, 7) is 6.68. The van der Waals surface area contributed by atoms with E-state index in [4.69, 9.17) is 5.41 Å². The summed E-state index contributed by atoms with van der Waals surface area (Å²) in [5.74, 6) is -0.0591. The van der Waals surface area contributed by atoms with Crippen molar-refractivity contribution in [2.75, 3.05) is 19.6 Å². The van der Waals surface area contributed by atoms with Gasteiger partial charge in [-0.05, 0) is 38.0 Å². The zero-order valence-corrected chi connectivity index (χ0v) is 15.1. The minimum atomic E-state index is -3.71. The second kappa shape index (κ2) is 7.21. The molecule has 2 rings (SSSR count). The molecule has 0 radical (unpaired) electrons. The molecule has 0 bridgehead atoms. The molecule has 0 spiro atoms. The van der Waals surface area contributed by atoms with Gasteiger partial charge in [0.05, 0.1) is 11.4 Å². The van der Waals surface area contributed by atoms with Crippen LogP contribution in [-0.2, 0) is 21.2 Å². The molecule has 132 valence electrons. The van der Waals surface area contributed by atoms with E-state index in [9.17, 15) is 13.2 Å². The number of sulfonamides is 1. The first-order valence-corrected chi connectivity index (χ1v) is 9.39. The molecule has 0 aromatic heterocycles. The summed E-state index contributed by atoms with van der Waals surface area (Å²) in [5, 5.41) is 10.8. The van der Waals surface area contributed by atoms with Crippen molar-refractivity contribution in [3.8, 4) is 0 Å². The molecule has 1 aliphatic heterocycles. The van der Waals surface area contributed by atoms with Crippen molar-refractivity contribution in [1.82, 2.24) is 14.5 Å². The number of benzene rings is 1. The van der Waals surface area contributed by atoms with E-state index in [1.807, 2.05) is 13.8 Å². The topological polar surface area (TPSA) is 93.6 Å². The zero-order chi connectivity index (χ0) is 17.9. The van der Waals surface area contributed by atoms with Crippen molar-refractivity contribution in [1.29, 1.82) is 5.41 Å². The smallest absolute Gasteiger partial charge is 0.266 e. The summed E-state index contributed by atoms with van der Waals surface area (Å²) < 4.78 is 26.6. The average Bonchev–Trinajstić information content (AvgIpc) is 2.90. The molecule has 1 fully saturated rings. The first-order valence-electron chi connectivity index (χ1n) is 7.95. The molecule has 24 heavy (non-hydrogen) atoms. The predicted molar refractivity (Wildman–Crippen MR) is 92.3 cm³/mol. The van der Waals surface area contributed by atoms with Crippen molar-refractivity contribution >= 4 is 21.9 Å². The zero-order valence-electron chi connectivity index (χ0n) is 14.2. The highest BCUT2D eigenvalue weighted by Gasteiger charge is 2.36. The molecule has 0 aliphatic carbocycles. The normalized spacial score (nSPS) is 15.2. The molecule has 1 aliphatic rings. The van der Waals surface area contributed by atoms with Gasteiger partial charge in [-0.3, -0.25) is 10.2 Å². The summed E-state index contributed by atoms with van der Waals surface area (Å²) in [6, 6.07) is 6.70. The number of guanidine groups is 1. The van der Waals surface area contributed by atoms with Crippen LogP contribution in [0.3, 0.4) is 0 Å². The van der Waals surface area contributed by atoms with E-state index in [2.05, 4.69) is 5.32 Å². The van der Waals surface area contributed by atoms with Crippen LogP contribution in [-0.4, -0.2) is 55.2 Å². The van der Waals surface area contributed by atoms with Crippen LogP contribution in [0.25, 0.3) is 0 Å². The number of carbonyl (C=O) groups is 1. The number of amides is 1. The van der Waals surface area contributed by atoms with Crippen LogP contribution >= 0.6 is 0 Å². The number of nitrogens with zero attached hydrogens (tertiary/aromatic N) is 2. The summed E-state index contributed by atoms with van der Waals surface area (Å²) in [4.78, 5) is 12.8. The molecule has 1 saturated heterocycles. The lowest BCUT2D eigenvalue weighted by Crippen LogP contribution is -2.39. The Balaban J connectivity index is 2.10. The Bertz CT molecular complexity index is 713. The Kier molecular flexibility index (Phi) is 5.48. The van der Waals surface area contributed by atoms with Gasteiger partial charge in [0.15, 0.2) is 0 Å². The van der Waals surface area contributed by atoms with E-state index in [0.29, 0.717) is 26.1 Å². The van der Waals surface area contributed by atoms with Crippen molar-refractivity contribution < 1.29 is 13.2 Å². The molecule has 1 aromatic carbocycles. The van der Waals surface area contributed by atoms with Crippen LogP contribution in [0.2, 0.25) is 0 Å². The van der Waals surface area contributed by atoms with Gasteiger partial charge in [-0.2, -0.15) is 0 Å². The van der Waals surface area contributed by atoms with Crippen molar-refractivity contribution in [2.24, 2.45) is 0 Å². The van der Waals surface area contributed by atoms with Gasteiger partial charge < -0.3 is 10.2 Å². The van der Waals surface area contributed by atoms with Gasteiger partial charge in [0, 0.05) is 26.1 Å². The maximum atomic E-state index is 12.7. The molecule has 8 heteroatoms. The van der Waals surface area contributed by atoms with Crippen LogP contribution in [0.5, 0.6) is 0 Å². The van der Waals surface area contributed by atoms with E-state index in [-0.39, 0.29) is 22.8 Å². The fourth-order valence-corrected chi connectivity index (χ4v) is 4.02. The highest BCUT2D eigenvalue weighted by molar-refractivity contribution is 7.89. The van der Waals surface area contributed by atoms with Crippen LogP contribution in [0.1, 0.15) is 26.3 Å². The number of hydrogen-bond acceptors (Lipinski definition) is 4. The second-order valence-corrected chi connectivity index (χ2v) is 7.93. The summed E-state index contributed by atoms with van der Waals surface area (Å²) in [6.07, 6.45) is 0.639. The van der Waals surface area contributed by atoms with E-state index >= 15 is 0 Å². The van der Waals surface area contributed by atoms with Crippen LogP contribution in [0.15, 0.2) is 29.2 Å². The van der Waals surface area contributed by atoms with Crippen molar-refractivity contribution in [2.45, 2.75) is 38.1 Å². The SMILES string of the molecule is CC(=O)NCCc1ccc(S(=O)(=O)N2CCN(C(C)C)C2=N)cc1. The third kappa shape index (κ3) is 3.87. The van der Waals surface area contributed by atoms with Crippen molar-refractivity contribution in [3.63, 3.8) is 0 Å². The summed E-state index contributed by atoms with van der Waals surface area (Å²) in [5.41, 5.74) is 0.947. The van der Waals surface area contributed by atoms with Crippen LogP contribution in [0, 0.1) is 5.41 Å². The molecular formula is C16H24N4O3S. The first-order chi connectivity index (χ1) is 11.2. The molecular weight excluding hydrogens is 328 g/mol. The molecule has 0 unspecified atom stereocenters. The minimum Gasteiger partial charge on any atom is -0.356 e. The van der Waals surface area contributed by atoms with Gasteiger partial charge in [0.1, 0.15) is 0 Å². The Labute approximate surface area is 143 Å². The summed E-state index contributed by atoms with van der Waals surface area (Å²) >= 11 is 0. The van der Waals surface area contributed by atoms with Gasteiger partial charge in [-0.1, -0.05) is 12.1 Å². The molecule has 0 atom stereocenters. The monoisotopic (exact) mass is 352 g/mol. The van der Waals surface area contributed by atoms with Gasteiger partial charge in [0.2, 0.25) is 11.9 Å². The van der Waals surface area contributed by atoms with Gasteiger partial charge >= 0.3 is 0 Å². The fourth-order valence-electron chi connectivity index (χ4n) is 2.63. The Morgan fingerprint density at radius 3 is 2.38 bits per heavy atom. The predicted octanol–water partition coefficient (Wildman–Crippen LogP) is 1.01. The van der Waals surface area contributed by atoms with E-state index in [1.165, 1.54) is 6.92 Å². The first kappa shape index (κ1) is 18.3. The number of rotatable bonds is 6. The standard InChI is InChI=1S/C16H24N4O3S/c1-12(2)19-10-11-20(16(19)17)24(22,23)15-6-4-14(5-7-15)8-9-18-13(3)21/h4-7,12,17H,8-11H2,1-3H3,(H,18,21). The lowest BCUT2D eigenvalue weighted by atomic mass is 10.1. The maximum Gasteiger partial charge on any atom is 0.266 e. The van der Waals surface area contributed by atoms with E-state index < -0.39 is 10.0 Å². The Morgan fingerprint density at radius 1 is 1.25 bits per heavy atom. The molecule has 1 amide bonds. The van der Waals surface area contributed by atoms with Crippen molar-refractivity contribution in [3.05, 3.63) is 29.8 Å². The molecule has 1 heterocycles. The van der Waals surface area contributed by atoms with E-state index in [1.54, 1.807) is 29.2 Å². The largest absolute Gasteiger partial charge is 0.356 e. The molecule has 7 nitrogen and oxygen atoms in total. The molecule has 1 aromatic rings. The van der Waals surface area contributed by atoms with E-state index in [0.717, 1.165) is 9.87 Å². The molecule has 0 saturated carbocycles.